The van der Waals surface area contributed by atoms with Crippen LogP contribution in [0.5, 0.6) is 0 Å². The molecule has 0 aliphatic heterocycles. The number of rotatable bonds is 4. The van der Waals surface area contributed by atoms with Crippen molar-refractivity contribution in [3.8, 4) is 0 Å². The summed E-state index contributed by atoms with van der Waals surface area (Å²) in [5.41, 5.74) is 3.46. The lowest BCUT2D eigenvalue weighted by Gasteiger charge is -2.06. The van der Waals surface area contributed by atoms with Gasteiger partial charge in [0.1, 0.15) is 0 Å². The largest absolute Gasteiger partial charge is 0.462 e. The Morgan fingerprint density at radius 2 is 1.95 bits per heavy atom. The van der Waals surface area contributed by atoms with Crippen molar-refractivity contribution in [1.29, 1.82) is 0 Å². The van der Waals surface area contributed by atoms with Crippen molar-refractivity contribution in [3.63, 3.8) is 0 Å². The van der Waals surface area contributed by atoms with Crippen LogP contribution >= 0.6 is 0 Å². The van der Waals surface area contributed by atoms with Gasteiger partial charge in [-0.1, -0.05) is 30.3 Å². The highest BCUT2D eigenvalue weighted by Gasteiger charge is 2.09. The van der Waals surface area contributed by atoms with Gasteiger partial charge in [-0.3, -0.25) is 4.98 Å². The minimum atomic E-state index is -0.290. The van der Waals surface area contributed by atoms with Crippen LogP contribution in [-0.4, -0.2) is 17.6 Å². The zero-order valence-electron chi connectivity index (χ0n) is 11.2. The van der Waals surface area contributed by atoms with E-state index in [2.05, 4.69) is 4.98 Å². The van der Waals surface area contributed by atoms with Gasteiger partial charge in [0.25, 0.3) is 0 Å². The molecule has 0 aliphatic carbocycles. The molecule has 0 spiro atoms. The average molecular weight is 255 g/mol. The second-order valence-electron chi connectivity index (χ2n) is 4.37. The zero-order chi connectivity index (χ0) is 13.7. The fraction of sp³-hybridized carbons (Fsp3) is 0.250. The van der Waals surface area contributed by atoms with Crippen molar-refractivity contribution in [2.75, 3.05) is 6.61 Å². The second kappa shape index (κ2) is 6.14. The molecule has 0 N–H and O–H groups in total. The Bertz CT molecular complexity index is 564. The monoisotopic (exact) mass is 255 g/mol. The Morgan fingerprint density at radius 3 is 2.63 bits per heavy atom. The molecule has 3 nitrogen and oxygen atoms in total. The maximum Gasteiger partial charge on any atom is 0.338 e. The van der Waals surface area contributed by atoms with Gasteiger partial charge in [0.05, 0.1) is 12.2 Å². The molecule has 0 radical (unpaired) electrons. The van der Waals surface area contributed by atoms with E-state index in [-0.39, 0.29) is 5.97 Å². The molecule has 1 aromatic carbocycles. The van der Waals surface area contributed by atoms with E-state index >= 15 is 0 Å². The molecule has 2 aromatic rings. The predicted octanol–water partition coefficient (Wildman–Crippen LogP) is 3.16. The van der Waals surface area contributed by atoms with E-state index < -0.39 is 0 Å². The number of pyridine rings is 1. The van der Waals surface area contributed by atoms with Crippen LogP contribution in [-0.2, 0) is 11.2 Å². The van der Waals surface area contributed by atoms with E-state index in [1.165, 1.54) is 5.56 Å². The number of aromatic nitrogens is 1. The summed E-state index contributed by atoms with van der Waals surface area (Å²) < 4.78 is 5.02. The molecule has 19 heavy (non-hydrogen) atoms. The van der Waals surface area contributed by atoms with E-state index in [0.29, 0.717) is 12.2 Å². The maximum atomic E-state index is 11.8. The van der Waals surface area contributed by atoms with Crippen LogP contribution in [0, 0.1) is 6.92 Å². The molecular formula is C16H17NO2. The van der Waals surface area contributed by atoms with Crippen molar-refractivity contribution in [2.45, 2.75) is 20.3 Å². The average Bonchev–Trinajstić information content (AvgIpc) is 2.39. The van der Waals surface area contributed by atoms with Crippen LogP contribution in [0.1, 0.15) is 34.2 Å². The van der Waals surface area contributed by atoms with Crippen molar-refractivity contribution in [2.24, 2.45) is 0 Å². The third-order valence-electron chi connectivity index (χ3n) is 2.75. The lowest BCUT2D eigenvalue weighted by molar-refractivity contribution is 0.0526. The fourth-order valence-corrected chi connectivity index (χ4v) is 1.97. The molecule has 0 amide bonds. The minimum Gasteiger partial charge on any atom is -0.462 e. The topological polar surface area (TPSA) is 39.2 Å². The Balaban J connectivity index is 2.24. The number of aryl methyl sites for hydroxylation is 1. The third kappa shape index (κ3) is 3.65. The molecule has 0 bridgehead atoms. The molecule has 0 aliphatic rings. The van der Waals surface area contributed by atoms with Crippen molar-refractivity contribution >= 4 is 5.97 Å². The van der Waals surface area contributed by atoms with Crippen molar-refractivity contribution in [1.82, 2.24) is 4.98 Å². The number of esters is 1. The summed E-state index contributed by atoms with van der Waals surface area (Å²) in [6, 6.07) is 13.6. The predicted molar refractivity (Wildman–Crippen MR) is 74.2 cm³/mol. The molecular weight excluding hydrogens is 238 g/mol. The lowest BCUT2D eigenvalue weighted by atomic mass is 10.1. The van der Waals surface area contributed by atoms with Gasteiger partial charge in [-0.15, -0.1) is 0 Å². The van der Waals surface area contributed by atoms with Gasteiger partial charge in [-0.2, -0.15) is 0 Å². The molecule has 3 heteroatoms. The highest BCUT2D eigenvalue weighted by molar-refractivity contribution is 5.89. The summed E-state index contributed by atoms with van der Waals surface area (Å²) in [6.45, 7) is 4.07. The Hall–Kier alpha value is -2.16. The zero-order valence-corrected chi connectivity index (χ0v) is 11.2. The molecule has 98 valence electrons. The van der Waals surface area contributed by atoms with E-state index in [9.17, 15) is 4.79 Å². The standard InChI is InChI=1S/C16H17NO2/c1-3-19-16(18)14-9-12(2)17-15(11-14)10-13-7-5-4-6-8-13/h4-9,11H,3,10H2,1-2H3. The van der Waals surface area contributed by atoms with Gasteiger partial charge in [0, 0.05) is 17.8 Å². The van der Waals surface area contributed by atoms with Gasteiger partial charge >= 0.3 is 5.97 Å². The summed E-state index contributed by atoms with van der Waals surface area (Å²) in [6.07, 6.45) is 0.717. The van der Waals surface area contributed by atoms with Crippen LogP contribution in [0.15, 0.2) is 42.5 Å². The molecule has 0 fully saturated rings. The van der Waals surface area contributed by atoms with Crippen LogP contribution in [0.2, 0.25) is 0 Å². The van der Waals surface area contributed by atoms with E-state index in [1.807, 2.05) is 37.3 Å². The minimum absolute atomic E-state index is 0.290. The molecule has 2 rings (SSSR count). The third-order valence-corrected chi connectivity index (χ3v) is 2.75. The quantitative estimate of drug-likeness (QED) is 0.788. The van der Waals surface area contributed by atoms with E-state index in [4.69, 9.17) is 4.74 Å². The highest BCUT2D eigenvalue weighted by atomic mass is 16.5. The van der Waals surface area contributed by atoms with E-state index in [1.54, 1.807) is 19.1 Å². The number of carbonyl (C=O) groups excluding carboxylic acids is 1. The van der Waals surface area contributed by atoms with Gasteiger partial charge < -0.3 is 4.74 Å². The molecule has 0 saturated carbocycles. The number of nitrogens with zero attached hydrogens (tertiary/aromatic N) is 1. The highest BCUT2D eigenvalue weighted by Crippen LogP contribution is 2.12. The first-order chi connectivity index (χ1) is 9.19. The summed E-state index contributed by atoms with van der Waals surface area (Å²) >= 11 is 0. The molecule has 0 unspecified atom stereocenters. The first kappa shape index (κ1) is 13.3. The van der Waals surface area contributed by atoms with Crippen LogP contribution < -0.4 is 0 Å². The molecule has 1 aromatic heterocycles. The SMILES string of the molecule is CCOC(=O)c1cc(C)nc(Cc2ccccc2)c1. The van der Waals surface area contributed by atoms with Crippen molar-refractivity contribution < 1.29 is 9.53 Å². The molecule has 0 saturated heterocycles. The van der Waals surface area contributed by atoms with Gasteiger partial charge in [-0.25, -0.2) is 4.79 Å². The summed E-state index contributed by atoms with van der Waals surface area (Å²) in [5, 5.41) is 0. The number of carbonyl (C=O) groups is 1. The van der Waals surface area contributed by atoms with Gasteiger partial charge in [0.2, 0.25) is 0 Å². The summed E-state index contributed by atoms with van der Waals surface area (Å²) in [7, 11) is 0. The van der Waals surface area contributed by atoms with Gasteiger partial charge in [0.15, 0.2) is 0 Å². The Morgan fingerprint density at radius 1 is 1.21 bits per heavy atom. The number of hydrogen-bond acceptors (Lipinski definition) is 3. The van der Waals surface area contributed by atoms with Crippen molar-refractivity contribution in [3.05, 3.63) is 65.0 Å². The molecule has 1 heterocycles. The first-order valence-corrected chi connectivity index (χ1v) is 6.37. The first-order valence-electron chi connectivity index (χ1n) is 6.37. The van der Waals surface area contributed by atoms with Gasteiger partial charge in [-0.05, 0) is 31.5 Å². The fourth-order valence-electron chi connectivity index (χ4n) is 1.97. The Labute approximate surface area is 113 Å². The summed E-state index contributed by atoms with van der Waals surface area (Å²) in [5.74, 6) is -0.290. The van der Waals surface area contributed by atoms with Crippen LogP contribution in [0.25, 0.3) is 0 Å². The smallest absolute Gasteiger partial charge is 0.338 e. The summed E-state index contributed by atoms with van der Waals surface area (Å²) in [4.78, 5) is 16.2. The second-order valence-corrected chi connectivity index (χ2v) is 4.37. The number of hydrogen-bond donors (Lipinski definition) is 0. The normalized spacial score (nSPS) is 10.2. The Kier molecular flexibility index (Phi) is 4.29. The van der Waals surface area contributed by atoms with Crippen LogP contribution in [0.3, 0.4) is 0 Å². The number of benzene rings is 1. The molecule has 0 atom stereocenters. The maximum absolute atomic E-state index is 11.8. The van der Waals surface area contributed by atoms with E-state index in [0.717, 1.165) is 17.8 Å². The van der Waals surface area contributed by atoms with Crippen LogP contribution in [0.4, 0.5) is 0 Å². The number of ether oxygens (including phenoxy) is 1. The lowest BCUT2D eigenvalue weighted by Crippen LogP contribution is -2.07.